The molecular formula is C6H8ClN3O. The molecule has 1 amide bonds. The summed E-state index contributed by atoms with van der Waals surface area (Å²) in [4.78, 5) is 11.0. The van der Waals surface area contributed by atoms with Gasteiger partial charge in [0.15, 0.2) is 0 Å². The van der Waals surface area contributed by atoms with Gasteiger partial charge in [0.1, 0.15) is 0 Å². The highest BCUT2D eigenvalue weighted by molar-refractivity contribution is 6.18. The van der Waals surface area contributed by atoms with Crippen molar-refractivity contribution in [2.45, 2.75) is 0 Å². The van der Waals surface area contributed by atoms with Crippen LogP contribution in [-0.2, 0) is 0 Å². The first-order valence-electron chi connectivity index (χ1n) is 3.17. The minimum absolute atomic E-state index is 0.153. The molecule has 1 rings (SSSR count). The van der Waals surface area contributed by atoms with Gasteiger partial charge in [-0.25, -0.2) is 0 Å². The number of nitrogens with zero attached hydrogens (tertiary/aromatic N) is 1. The van der Waals surface area contributed by atoms with E-state index in [1.807, 2.05) is 0 Å². The Bertz CT molecular complexity index is 222. The molecule has 0 unspecified atom stereocenters. The second-order valence-electron chi connectivity index (χ2n) is 1.93. The Balaban J connectivity index is 2.43. The van der Waals surface area contributed by atoms with Gasteiger partial charge in [-0.1, -0.05) is 0 Å². The van der Waals surface area contributed by atoms with Crippen molar-refractivity contribution < 1.29 is 4.79 Å². The number of amides is 1. The predicted molar refractivity (Wildman–Crippen MR) is 41.6 cm³/mol. The van der Waals surface area contributed by atoms with Gasteiger partial charge in [-0.2, -0.15) is 5.10 Å². The molecule has 11 heavy (non-hydrogen) atoms. The van der Waals surface area contributed by atoms with Crippen LogP contribution in [0.15, 0.2) is 12.4 Å². The van der Waals surface area contributed by atoms with E-state index in [0.29, 0.717) is 18.0 Å². The second kappa shape index (κ2) is 3.98. The molecule has 5 heteroatoms. The smallest absolute Gasteiger partial charge is 0.254 e. The number of halogens is 1. The Morgan fingerprint density at radius 2 is 2.64 bits per heavy atom. The zero-order chi connectivity index (χ0) is 8.10. The molecule has 1 aromatic heterocycles. The van der Waals surface area contributed by atoms with Crippen molar-refractivity contribution in [3.63, 3.8) is 0 Å². The van der Waals surface area contributed by atoms with Crippen LogP contribution in [0.1, 0.15) is 10.4 Å². The maximum atomic E-state index is 11.0. The zero-order valence-corrected chi connectivity index (χ0v) is 6.56. The molecule has 0 aromatic carbocycles. The number of hydrogen-bond donors (Lipinski definition) is 2. The summed E-state index contributed by atoms with van der Waals surface area (Å²) in [6.07, 6.45) is 2.99. The lowest BCUT2D eigenvalue weighted by atomic mass is 10.3. The van der Waals surface area contributed by atoms with Crippen LogP contribution in [0.25, 0.3) is 0 Å². The van der Waals surface area contributed by atoms with Gasteiger partial charge in [0.25, 0.3) is 5.91 Å². The van der Waals surface area contributed by atoms with E-state index >= 15 is 0 Å². The first kappa shape index (κ1) is 8.07. The summed E-state index contributed by atoms with van der Waals surface area (Å²) in [6.45, 7) is 0.478. The van der Waals surface area contributed by atoms with Crippen LogP contribution in [0.4, 0.5) is 0 Å². The van der Waals surface area contributed by atoms with E-state index < -0.39 is 0 Å². The minimum atomic E-state index is -0.153. The molecule has 0 saturated heterocycles. The zero-order valence-electron chi connectivity index (χ0n) is 5.80. The molecular weight excluding hydrogens is 166 g/mol. The summed E-state index contributed by atoms with van der Waals surface area (Å²) in [7, 11) is 0. The molecule has 4 nitrogen and oxygen atoms in total. The van der Waals surface area contributed by atoms with Gasteiger partial charge in [-0.15, -0.1) is 11.6 Å². The van der Waals surface area contributed by atoms with Crippen molar-refractivity contribution >= 4 is 17.5 Å². The van der Waals surface area contributed by atoms with Crippen LogP contribution in [-0.4, -0.2) is 28.5 Å². The van der Waals surface area contributed by atoms with Crippen molar-refractivity contribution in [1.29, 1.82) is 0 Å². The standard InChI is InChI=1S/C6H8ClN3O/c7-1-2-8-6(11)5-3-9-10-4-5/h3-4H,1-2H2,(H,8,11)(H,9,10). The largest absolute Gasteiger partial charge is 0.351 e. The summed E-state index contributed by atoms with van der Waals surface area (Å²) in [6, 6.07) is 0. The third kappa shape index (κ3) is 2.23. The van der Waals surface area contributed by atoms with E-state index in [2.05, 4.69) is 15.5 Å². The molecule has 0 aliphatic heterocycles. The summed E-state index contributed by atoms with van der Waals surface area (Å²) in [5.74, 6) is 0.267. The maximum Gasteiger partial charge on any atom is 0.254 e. The highest BCUT2D eigenvalue weighted by atomic mass is 35.5. The van der Waals surface area contributed by atoms with E-state index in [4.69, 9.17) is 11.6 Å². The Hall–Kier alpha value is -1.03. The monoisotopic (exact) mass is 173 g/mol. The number of hydrogen-bond acceptors (Lipinski definition) is 2. The summed E-state index contributed by atoms with van der Waals surface area (Å²) >= 11 is 5.37. The van der Waals surface area contributed by atoms with E-state index in [1.54, 1.807) is 0 Å². The quantitative estimate of drug-likeness (QED) is 0.650. The lowest BCUT2D eigenvalue weighted by Gasteiger charge is -1.97. The molecule has 0 bridgehead atoms. The van der Waals surface area contributed by atoms with Crippen molar-refractivity contribution in [2.75, 3.05) is 12.4 Å². The SMILES string of the molecule is O=C(NCCCl)c1cn[nH]c1. The molecule has 1 aromatic rings. The fourth-order valence-electron chi connectivity index (χ4n) is 0.638. The average molecular weight is 174 g/mol. The number of carbonyl (C=O) groups is 1. The summed E-state index contributed by atoms with van der Waals surface area (Å²) < 4.78 is 0. The van der Waals surface area contributed by atoms with Crippen LogP contribution in [0.2, 0.25) is 0 Å². The van der Waals surface area contributed by atoms with E-state index in [0.717, 1.165) is 0 Å². The molecule has 0 fully saturated rings. The number of carbonyl (C=O) groups excluding carboxylic acids is 1. The van der Waals surface area contributed by atoms with Crippen molar-refractivity contribution in [1.82, 2.24) is 15.5 Å². The van der Waals surface area contributed by atoms with Crippen molar-refractivity contribution in [3.8, 4) is 0 Å². The number of rotatable bonds is 3. The Morgan fingerprint density at radius 1 is 1.82 bits per heavy atom. The van der Waals surface area contributed by atoms with E-state index in [9.17, 15) is 4.79 Å². The third-order valence-electron chi connectivity index (χ3n) is 1.14. The van der Waals surface area contributed by atoms with Crippen LogP contribution in [0, 0.1) is 0 Å². The van der Waals surface area contributed by atoms with Gasteiger partial charge in [0, 0.05) is 18.6 Å². The van der Waals surface area contributed by atoms with E-state index in [1.165, 1.54) is 12.4 Å². The number of H-pyrrole nitrogens is 1. The molecule has 60 valence electrons. The maximum absolute atomic E-state index is 11.0. The Labute approximate surface area is 68.9 Å². The van der Waals surface area contributed by atoms with Gasteiger partial charge in [0.2, 0.25) is 0 Å². The van der Waals surface area contributed by atoms with Crippen LogP contribution >= 0.6 is 11.6 Å². The lowest BCUT2D eigenvalue weighted by Crippen LogP contribution is -2.24. The molecule has 0 aliphatic rings. The normalized spacial score (nSPS) is 9.55. The highest BCUT2D eigenvalue weighted by Gasteiger charge is 2.03. The van der Waals surface area contributed by atoms with Crippen LogP contribution in [0.3, 0.4) is 0 Å². The number of aromatic amines is 1. The summed E-state index contributed by atoms with van der Waals surface area (Å²) in [5, 5.41) is 8.78. The topological polar surface area (TPSA) is 57.8 Å². The van der Waals surface area contributed by atoms with Gasteiger partial charge in [0.05, 0.1) is 11.8 Å². The Kier molecular flexibility index (Phi) is 2.92. The molecule has 2 N–H and O–H groups in total. The average Bonchev–Trinajstić information content (AvgIpc) is 2.52. The van der Waals surface area contributed by atoms with Gasteiger partial charge in [-0.3, -0.25) is 9.89 Å². The fourth-order valence-corrected chi connectivity index (χ4v) is 0.732. The van der Waals surface area contributed by atoms with Crippen molar-refractivity contribution in [2.24, 2.45) is 0 Å². The molecule has 0 atom stereocenters. The number of nitrogens with one attached hydrogen (secondary N) is 2. The predicted octanol–water partition coefficient (Wildman–Crippen LogP) is 0.378. The van der Waals surface area contributed by atoms with Gasteiger partial charge in [-0.05, 0) is 0 Å². The minimum Gasteiger partial charge on any atom is -0.351 e. The van der Waals surface area contributed by atoms with Crippen LogP contribution in [0.5, 0.6) is 0 Å². The van der Waals surface area contributed by atoms with Gasteiger partial charge < -0.3 is 5.32 Å². The van der Waals surface area contributed by atoms with Crippen molar-refractivity contribution in [3.05, 3.63) is 18.0 Å². The Morgan fingerprint density at radius 3 is 3.18 bits per heavy atom. The first-order chi connectivity index (χ1) is 5.34. The second-order valence-corrected chi connectivity index (χ2v) is 2.31. The first-order valence-corrected chi connectivity index (χ1v) is 3.71. The highest BCUT2D eigenvalue weighted by Crippen LogP contribution is 1.91. The lowest BCUT2D eigenvalue weighted by molar-refractivity contribution is 0.0956. The van der Waals surface area contributed by atoms with Crippen LogP contribution < -0.4 is 5.32 Å². The molecule has 0 spiro atoms. The molecule has 0 saturated carbocycles. The summed E-state index contributed by atoms with van der Waals surface area (Å²) in [5.41, 5.74) is 0.523. The fraction of sp³-hybridized carbons (Fsp3) is 0.333. The molecule has 1 heterocycles. The van der Waals surface area contributed by atoms with E-state index in [-0.39, 0.29) is 5.91 Å². The third-order valence-corrected chi connectivity index (χ3v) is 1.33. The molecule has 0 aliphatic carbocycles. The number of alkyl halides is 1. The number of aromatic nitrogens is 2. The molecule has 0 radical (unpaired) electrons. The van der Waals surface area contributed by atoms with Gasteiger partial charge >= 0.3 is 0 Å².